The summed E-state index contributed by atoms with van der Waals surface area (Å²) in [5, 5.41) is 0. The number of benzene rings is 2. The highest BCUT2D eigenvalue weighted by atomic mass is 32.1. The number of amides is 1. The van der Waals surface area contributed by atoms with Crippen LogP contribution in [0.4, 0.5) is 4.39 Å². The van der Waals surface area contributed by atoms with Gasteiger partial charge in [0.15, 0.2) is 4.80 Å². The lowest BCUT2D eigenvalue weighted by Gasteiger charge is -2.07. The second kappa shape index (κ2) is 7.44. The molecule has 0 aliphatic heterocycles. The number of fused-ring (bicyclic) bond motifs is 1. The Bertz CT molecular complexity index is 987. The quantitative estimate of drug-likeness (QED) is 0.644. The fourth-order valence-corrected chi connectivity index (χ4v) is 3.55. The molecule has 0 aliphatic rings. The van der Waals surface area contributed by atoms with Gasteiger partial charge in [0.1, 0.15) is 17.1 Å². The van der Waals surface area contributed by atoms with Crippen LogP contribution >= 0.6 is 11.3 Å². The minimum atomic E-state index is -0.415. The van der Waals surface area contributed by atoms with Crippen molar-refractivity contribution in [3.63, 3.8) is 0 Å². The lowest BCUT2D eigenvalue weighted by atomic mass is 10.2. The van der Waals surface area contributed by atoms with Crippen LogP contribution < -0.4 is 9.54 Å². The third-order valence-electron chi connectivity index (χ3n) is 3.56. The Balaban J connectivity index is 2.16. The molecule has 3 aromatic rings. The number of rotatable bonds is 5. The molecule has 0 fully saturated rings. The van der Waals surface area contributed by atoms with Crippen molar-refractivity contribution in [3.8, 4) is 5.75 Å². The Morgan fingerprint density at radius 1 is 1.32 bits per heavy atom. The molecule has 0 aliphatic carbocycles. The molecule has 0 unspecified atom stereocenters. The summed E-state index contributed by atoms with van der Waals surface area (Å²) in [4.78, 5) is 17.2. The number of carbonyl (C=O) groups is 1. The summed E-state index contributed by atoms with van der Waals surface area (Å²) in [7, 11) is 0. The summed E-state index contributed by atoms with van der Waals surface area (Å²) in [6.07, 6.45) is 1.75. The number of nitrogens with zero attached hydrogens (tertiary/aromatic N) is 2. The van der Waals surface area contributed by atoms with Crippen LogP contribution in [-0.4, -0.2) is 17.1 Å². The van der Waals surface area contributed by atoms with Gasteiger partial charge in [-0.3, -0.25) is 4.79 Å². The summed E-state index contributed by atoms with van der Waals surface area (Å²) in [5.74, 6) is -0.0578. The van der Waals surface area contributed by atoms with Crippen LogP contribution in [0.1, 0.15) is 17.3 Å². The highest BCUT2D eigenvalue weighted by Crippen LogP contribution is 2.27. The topological polar surface area (TPSA) is 43.6 Å². The Morgan fingerprint density at radius 3 is 2.76 bits per heavy atom. The van der Waals surface area contributed by atoms with Crippen LogP contribution in [0, 0.1) is 5.82 Å². The molecule has 0 N–H and O–H groups in total. The smallest absolute Gasteiger partial charge is 0.279 e. The van der Waals surface area contributed by atoms with Crippen LogP contribution in [0.2, 0.25) is 0 Å². The predicted octanol–water partition coefficient (Wildman–Crippen LogP) is 4.17. The molecule has 3 rings (SSSR count). The van der Waals surface area contributed by atoms with Crippen LogP contribution in [0.5, 0.6) is 5.75 Å². The number of allylic oxidation sites excluding steroid dienone is 1. The van der Waals surface area contributed by atoms with Crippen molar-refractivity contribution in [1.82, 2.24) is 4.57 Å². The van der Waals surface area contributed by atoms with Crippen molar-refractivity contribution in [1.29, 1.82) is 0 Å². The van der Waals surface area contributed by atoms with Gasteiger partial charge in [-0.2, -0.15) is 4.99 Å². The van der Waals surface area contributed by atoms with E-state index in [9.17, 15) is 9.18 Å². The first-order chi connectivity index (χ1) is 12.1. The standard InChI is InChI=1S/C19H17FN2O2S/c1-3-12-22-17-15(24-4-2)6-5-7-16(17)25-19(22)21-18(23)13-8-10-14(20)11-9-13/h3,5-11H,1,4,12H2,2H3. The number of ether oxygens (including phenoxy) is 1. The van der Waals surface area contributed by atoms with Gasteiger partial charge in [-0.1, -0.05) is 23.5 Å². The van der Waals surface area contributed by atoms with Crippen molar-refractivity contribution in [2.75, 3.05) is 6.61 Å². The zero-order valence-corrected chi connectivity index (χ0v) is 14.6. The first-order valence-electron chi connectivity index (χ1n) is 7.84. The Morgan fingerprint density at radius 2 is 2.08 bits per heavy atom. The minimum Gasteiger partial charge on any atom is -0.492 e. The summed E-state index contributed by atoms with van der Waals surface area (Å²) in [6.45, 7) is 6.75. The lowest BCUT2D eigenvalue weighted by Crippen LogP contribution is -2.16. The van der Waals surface area contributed by atoms with E-state index < -0.39 is 5.91 Å². The molecule has 1 heterocycles. The van der Waals surface area contributed by atoms with Crippen LogP contribution in [0.15, 0.2) is 60.1 Å². The third kappa shape index (κ3) is 3.53. The van der Waals surface area contributed by atoms with E-state index in [4.69, 9.17) is 4.74 Å². The average Bonchev–Trinajstić information content (AvgIpc) is 2.94. The van der Waals surface area contributed by atoms with Gasteiger partial charge < -0.3 is 9.30 Å². The Labute approximate surface area is 148 Å². The first kappa shape index (κ1) is 17.1. The van der Waals surface area contributed by atoms with Gasteiger partial charge in [0.2, 0.25) is 0 Å². The van der Waals surface area contributed by atoms with Crippen LogP contribution in [-0.2, 0) is 6.54 Å². The first-order valence-corrected chi connectivity index (χ1v) is 8.66. The average molecular weight is 356 g/mol. The number of carbonyl (C=O) groups excluding carboxylic acids is 1. The fourth-order valence-electron chi connectivity index (χ4n) is 2.50. The van der Waals surface area contributed by atoms with Gasteiger partial charge in [-0.15, -0.1) is 6.58 Å². The molecule has 1 amide bonds. The van der Waals surface area contributed by atoms with E-state index in [2.05, 4.69) is 11.6 Å². The summed E-state index contributed by atoms with van der Waals surface area (Å²) >= 11 is 1.40. The van der Waals surface area contributed by atoms with Gasteiger partial charge in [0.05, 0.1) is 11.3 Å². The Hall–Kier alpha value is -2.73. The highest BCUT2D eigenvalue weighted by Gasteiger charge is 2.12. The van der Waals surface area contributed by atoms with Crippen molar-refractivity contribution < 1.29 is 13.9 Å². The SMILES string of the molecule is C=CCn1c(=NC(=O)c2ccc(F)cc2)sc2cccc(OCC)c21. The monoisotopic (exact) mass is 356 g/mol. The molecule has 6 heteroatoms. The molecule has 0 saturated heterocycles. The second-order valence-electron chi connectivity index (χ2n) is 5.24. The summed E-state index contributed by atoms with van der Waals surface area (Å²) in [6, 6.07) is 11.1. The minimum absolute atomic E-state index is 0.342. The van der Waals surface area contributed by atoms with E-state index in [1.807, 2.05) is 29.7 Å². The van der Waals surface area contributed by atoms with Crippen molar-refractivity contribution >= 4 is 27.5 Å². The summed E-state index contributed by atoms with van der Waals surface area (Å²) in [5.41, 5.74) is 1.23. The molecular formula is C19H17FN2O2S. The van der Waals surface area contributed by atoms with E-state index in [-0.39, 0.29) is 5.82 Å². The number of hydrogen-bond acceptors (Lipinski definition) is 3. The molecule has 2 aromatic carbocycles. The predicted molar refractivity (Wildman–Crippen MR) is 97.5 cm³/mol. The van der Waals surface area contributed by atoms with E-state index >= 15 is 0 Å². The molecule has 0 bridgehead atoms. The van der Waals surface area contributed by atoms with Crippen LogP contribution in [0.25, 0.3) is 10.2 Å². The van der Waals surface area contributed by atoms with Gasteiger partial charge in [0, 0.05) is 12.1 Å². The van der Waals surface area contributed by atoms with Crippen molar-refractivity contribution in [2.24, 2.45) is 4.99 Å². The molecule has 0 saturated carbocycles. The van der Waals surface area contributed by atoms with Gasteiger partial charge in [-0.25, -0.2) is 4.39 Å². The van der Waals surface area contributed by atoms with E-state index in [1.54, 1.807) is 6.08 Å². The zero-order valence-electron chi connectivity index (χ0n) is 13.7. The van der Waals surface area contributed by atoms with E-state index in [0.717, 1.165) is 16.0 Å². The largest absolute Gasteiger partial charge is 0.492 e. The Kier molecular flexibility index (Phi) is 5.09. The van der Waals surface area contributed by atoms with E-state index in [0.29, 0.717) is 23.5 Å². The molecule has 25 heavy (non-hydrogen) atoms. The molecule has 1 aromatic heterocycles. The van der Waals surface area contributed by atoms with Gasteiger partial charge in [-0.05, 0) is 43.3 Å². The van der Waals surface area contributed by atoms with Crippen LogP contribution in [0.3, 0.4) is 0 Å². The summed E-state index contributed by atoms with van der Waals surface area (Å²) < 4.78 is 21.6. The maximum atomic E-state index is 13.0. The molecule has 0 radical (unpaired) electrons. The van der Waals surface area contributed by atoms with Gasteiger partial charge >= 0.3 is 0 Å². The molecule has 0 atom stereocenters. The molecule has 4 nitrogen and oxygen atoms in total. The number of para-hydroxylation sites is 1. The number of aromatic nitrogens is 1. The normalized spacial score (nSPS) is 11.7. The maximum absolute atomic E-state index is 13.0. The number of halogens is 1. The van der Waals surface area contributed by atoms with Gasteiger partial charge in [0.25, 0.3) is 5.91 Å². The lowest BCUT2D eigenvalue weighted by molar-refractivity contribution is 0.0998. The molecular weight excluding hydrogens is 339 g/mol. The third-order valence-corrected chi connectivity index (χ3v) is 4.61. The van der Waals surface area contributed by atoms with Crippen molar-refractivity contribution in [3.05, 3.63) is 71.3 Å². The zero-order chi connectivity index (χ0) is 17.8. The van der Waals surface area contributed by atoms with Crippen molar-refractivity contribution in [2.45, 2.75) is 13.5 Å². The van der Waals surface area contributed by atoms with E-state index in [1.165, 1.54) is 35.6 Å². The molecule has 128 valence electrons. The fraction of sp³-hybridized carbons (Fsp3) is 0.158. The second-order valence-corrected chi connectivity index (χ2v) is 6.25. The molecule has 0 spiro atoms. The number of hydrogen-bond donors (Lipinski definition) is 0. The highest BCUT2D eigenvalue weighted by molar-refractivity contribution is 7.16. The maximum Gasteiger partial charge on any atom is 0.279 e. The number of thiazole rings is 1.